The van der Waals surface area contributed by atoms with Crippen LogP contribution in [0.1, 0.15) is 19.8 Å². The van der Waals surface area contributed by atoms with E-state index >= 15 is 0 Å². The summed E-state index contributed by atoms with van der Waals surface area (Å²) >= 11 is 5.47. The Bertz CT molecular complexity index is 306. The molecule has 3 N–H and O–H groups in total. The van der Waals surface area contributed by atoms with Crippen molar-refractivity contribution in [2.75, 3.05) is 6.54 Å². The van der Waals surface area contributed by atoms with Gasteiger partial charge in [0.25, 0.3) is 0 Å². The van der Waals surface area contributed by atoms with Gasteiger partial charge >= 0.3 is 6.03 Å². The molecule has 0 aromatic carbocycles. The largest absolute Gasteiger partial charge is 0.354 e. The molecule has 6 nitrogen and oxygen atoms in total. The lowest BCUT2D eigenvalue weighted by Gasteiger charge is -2.22. The quantitative estimate of drug-likeness (QED) is 0.587. The molecule has 0 saturated carbocycles. The zero-order chi connectivity index (χ0) is 12.1. The zero-order valence-electron chi connectivity index (χ0n) is 8.88. The number of nitrogens with one attached hydrogen (secondary N) is 3. The van der Waals surface area contributed by atoms with Crippen LogP contribution < -0.4 is 16.0 Å². The van der Waals surface area contributed by atoms with Crippen LogP contribution in [-0.4, -0.2) is 35.8 Å². The number of hydrogen-bond acceptors (Lipinski definition) is 3. The van der Waals surface area contributed by atoms with Crippen LogP contribution in [0, 0.1) is 0 Å². The van der Waals surface area contributed by atoms with Crippen molar-refractivity contribution in [3.63, 3.8) is 0 Å². The smallest absolute Gasteiger partial charge is 0.322 e. The molecule has 1 saturated heterocycles. The lowest BCUT2D eigenvalue weighted by molar-refractivity contribution is -0.124. The van der Waals surface area contributed by atoms with E-state index in [4.69, 9.17) is 11.6 Å². The summed E-state index contributed by atoms with van der Waals surface area (Å²) in [5.74, 6) is -0.817. The van der Waals surface area contributed by atoms with Gasteiger partial charge in [-0.05, 0) is 19.8 Å². The second-order valence-electron chi connectivity index (χ2n) is 3.56. The van der Waals surface area contributed by atoms with E-state index in [-0.39, 0.29) is 5.91 Å². The number of carbonyl (C=O) groups is 3. The molecule has 1 aliphatic heterocycles. The first-order valence-corrected chi connectivity index (χ1v) is 5.47. The molecule has 0 spiro atoms. The van der Waals surface area contributed by atoms with E-state index in [1.54, 1.807) is 0 Å². The van der Waals surface area contributed by atoms with Crippen molar-refractivity contribution < 1.29 is 14.4 Å². The number of halogens is 1. The SMILES string of the molecule is CC(Cl)C(=O)NC(=O)NC1CCCNC1=O. The monoisotopic (exact) mass is 247 g/mol. The highest BCUT2D eigenvalue weighted by Gasteiger charge is 2.24. The average Bonchev–Trinajstić information content (AvgIpc) is 2.21. The average molecular weight is 248 g/mol. The summed E-state index contributed by atoms with van der Waals surface area (Å²) in [6.45, 7) is 2.08. The summed E-state index contributed by atoms with van der Waals surface area (Å²) < 4.78 is 0. The summed E-state index contributed by atoms with van der Waals surface area (Å²) in [4.78, 5) is 33.6. The van der Waals surface area contributed by atoms with Gasteiger partial charge in [-0.25, -0.2) is 4.79 Å². The molecule has 7 heteroatoms. The minimum Gasteiger partial charge on any atom is -0.354 e. The molecule has 0 aromatic rings. The fraction of sp³-hybridized carbons (Fsp3) is 0.667. The van der Waals surface area contributed by atoms with Crippen LogP contribution in [-0.2, 0) is 9.59 Å². The van der Waals surface area contributed by atoms with Crippen LogP contribution in [0.4, 0.5) is 4.79 Å². The molecule has 16 heavy (non-hydrogen) atoms. The third-order valence-corrected chi connectivity index (χ3v) is 2.39. The van der Waals surface area contributed by atoms with Gasteiger partial charge in [0.05, 0.1) is 0 Å². The van der Waals surface area contributed by atoms with Crippen molar-refractivity contribution in [2.24, 2.45) is 0 Å². The molecule has 0 aromatic heterocycles. The van der Waals surface area contributed by atoms with Crippen LogP contribution in [0.2, 0.25) is 0 Å². The van der Waals surface area contributed by atoms with Gasteiger partial charge in [-0.2, -0.15) is 0 Å². The van der Waals surface area contributed by atoms with Crippen molar-refractivity contribution in [2.45, 2.75) is 31.2 Å². The van der Waals surface area contributed by atoms with Crippen LogP contribution in [0.3, 0.4) is 0 Å². The third-order valence-electron chi connectivity index (χ3n) is 2.19. The Morgan fingerprint density at radius 2 is 2.25 bits per heavy atom. The number of carbonyl (C=O) groups excluding carboxylic acids is 3. The fourth-order valence-electron chi connectivity index (χ4n) is 1.32. The van der Waals surface area contributed by atoms with Crippen molar-refractivity contribution in [3.05, 3.63) is 0 Å². The maximum Gasteiger partial charge on any atom is 0.322 e. The summed E-state index contributed by atoms with van der Waals surface area (Å²) in [6, 6.07) is -1.27. The Kier molecular flexibility index (Phi) is 4.54. The number of urea groups is 1. The molecular weight excluding hydrogens is 234 g/mol. The molecule has 1 rings (SSSR count). The number of hydrogen-bond donors (Lipinski definition) is 3. The Balaban J connectivity index is 2.38. The first kappa shape index (κ1) is 12.8. The second kappa shape index (κ2) is 5.69. The number of piperidine rings is 1. The van der Waals surface area contributed by atoms with Gasteiger partial charge in [0.15, 0.2) is 0 Å². The molecule has 2 unspecified atom stereocenters. The molecule has 0 aliphatic carbocycles. The van der Waals surface area contributed by atoms with Gasteiger partial charge in [-0.15, -0.1) is 11.6 Å². The molecule has 2 atom stereocenters. The van der Waals surface area contributed by atoms with E-state index in [0.717, 1.165) is 6.42 Å². The van der Waals surface area contributed by atoms with E-state index < -0.39 is 23.4 Å². The first-order valence-electron chi connectivity index (χ1n) is 5.04. The van der Waals surface area contributed by atoms with Crippen LogP contribution in [0.25, 0.3) is 0 Å². The van der Waals surface area contributed by atoms with E-state index in [1.807, 2.05) is 5.32 Å². The van der Waals surface area contributed by atoms with Gasteiger partial charge in [-0.1, -0.05) is 0 Å². The Morgan fingerprint density at radius 3 is 2.81 bits per heavy atom. The summed E-state index contributed by atoms with van der Waals surface area (Å²) in [7, 11) is 0. The van der Waals surface area contributed by atoms with Crippen LogP contribution in [0.15, 0.2) is 0 Å². The van der Waals surface area contributed by atoms with Gasteiger partial charge in [0.2, 0.25) is 11.8 Å². The molecule has 1 aliphatic rings. The predicted octanol–water partition coefficient (Wildman–Crippen LogP) is -0.282. The fourth-order valence-corrected chi connectivity index (χ4v) is 1.37. The van der Waals surface area contributed by atoms with Gasteiger partial charge in [0, 0.05) is 6.54 Å². The van der Waals surface area contributed by atoms with Crippen molar-refractivity contribution in [1.82, 2.24) is 16.0 Å². The van der Waals surface area contributed by atoms with Crippen LogP contribution >= 0.6 is 11.6 Å². The molecule has 1 fully saturated rings. The highest BCUT2D eigenvalue weighted by atomic mass is 35.5. The lowest BCUT2D eigenvalue weighted by atomic mass is 10.1. The highest BCUT2D eigenvalue weighted by molar-refractivity contribution is 6.31. The first-order chi connectivity index (χ1) is 7.50. The minimum atomic E-state index is -0.786. The molecule has 1 heterocycles. The molecule has 0 radical (unpaired) electrons. The normalized spacial score (nSPS) is 21.9. The third kappa shape index (κ3) is 3.69. The van der Waals surface area contributed by atoms with Crippen molar-refractivity contribution in [3.8, 4) is 0 Å². The predicted molar refractivity (Wildman–Crippen MR) is 58.0 cm³/mol. The number of amides is 4. The van der Waals surface area contributed by atoms with E-state index in [9.17, 15) is 14.4 Å². The summed E-state index contributed by atoms with van der Waals surface area (Å²) in [5.41, 5.74) is 0. The molecule has 4 amide bonds. The van der Waals surface area contributed by atoms with Gasteiger partial charge in [-0.3, -0.25) is 14.9 Å². The summed E-state index contributed by atoms with van der Waals surface area (Å²) in [6.07, 6.45) is 1.38. The van der Waals surface area contributed by atoms with E-state index in [0.29, 0.717) is 13.0 Å². The van der Waals surface area contributed by atoms with Crippen LogP contribution in [0.5, 0.6) is 0 Å². The Morgan fingerprint density at radius 1 is 1.56 bits per heavy atom. The maximum atomic E-state index is 11.3. The lowest BCUT2D eigenvalue weighted by Crippen LogP contribution is -2.54. The zero-order valence-corrected chi connectivity index (χ0v) is 9.63. The number of rotatable bonds is 2. The molecule has 0 bridgehead atoms. The topological polar surface area (TPSA) is 87.3 Å². The van der Waals surface area contributed by atoms with Gasteiger partial charge in [0.1, 0.15) is 11.4 Å². The van der Waals surface area contributed by atoms with Gasteiger partial charge < -0.3 is 10.6 Å². The number of alkyl halides is 1. The van der Waals surface area contributed by atoms with Crippen molar-refractivity contribution >= 4 is 29.4 Å². The second-order valence-corrected chi connectivity index (χ2v) is 4.22. The molecule has 90 valence electrons. The summed E-state index contributed by atoms with van der Waals surface area (Å²) in [5, 5.41) is 6.29. The van der Waals surface area contributed by atoms with Crippen molar-refractivity contribution in [1.29, 1.82) is 0 Å². The highest BCUT2D eigenvalue weighted by Crippen LogP contribution is 2.02. The Hall–Kier alpha value is -1.30. The standard InChI is InChI=1S/C9H14ClN3O3/c1-5(10)7(14)13-9(16)12-6-3-2-4-11-8(6)15/h5-6H,2-4H2,1H3,(H,11,15)(H2,12,13,14,16). The Labute approximate surface area is 98.1 Å². The molecular formula is C9H14ClN3O3. The number of imide groups is 1. The maximum absolute atomic E-state index is 11.3. The van der Waals surface area contributed by atoms with E-state index in [1.165, 1.54) is 6.92 Å². The van der Waals surface area contributed by atoms with E-state index in [2.05, 4.69) is 10.6 Å². The minimum absolute atomic E-state index is 0.229.